The molecule has 0 aromatic rings. The molecular weight excluding hydrogens is 176 g/mol. The molecule has 14 heavy (non-hydrogen) atoms. The maximum atomic E-state index is 10.9. The molecule has 0 aliphatic heterocycles. The molecule has 1 aliphatic carbocycles. The summed E-state index contributed by atoms with van der Waals surface area (Å²) in [6, 6.07) is 0. The molecule has 82 valence electrons. The van der Waals surface area contributed by atoms with E-state index in [1.54, 1.807) is 7.11 Å². The van der Waals surface area contributed by atoms with E-state index in [2.05, 4.69) is 6.92 Å². The van der Waals surface area contributed by atoms with Gasteiger partial charge in [-0.05, 0) is 37.5 Å². The Hall–Kier alpha value is -0.370. The van der Waals surface area contributed by atoms with E-state index in [0.29, 0.717) is 17.8 Å². The summed E-state index contributed by atoms with van der Waals surface area (Å²) in [6.45, 7) is 3.06. The molecular formula is C12H22O2. The van der Waals surface area contributed by atoms with Gasteiger partial charge >= 0.3 is 0 Å². The minimum Gasteiger partial charge on any atom is -0.385 e. The predicted octanol–water partition coefficient (Wildman–Crippen LogP) is 2.66. The summed E-state index contributed by atoms with van der Waals surface area (Å²) in [5.74, 6) is 1.59. The van der Waals surface area contributed by atoms with E-state index in [9.17, 15) is 4.79 Å². The summed E-state index contributed by atoms with van der Waals surface area (Å²) in [5.41, 5.74) is 0. The van der Waals surface area contributed by atoms with Crippen LogP contribution in [0.25, 0.3) is 0 Å². The number of carbonyl (C=O) groups excluding carboxylic acids is 1. The lowest BCUT2D eigenvalue weighted by Crippen LogP contribution is -2.14. The van der Waals surface area contributed by atoms with Crippen LogP contribution in [0.5, 0.6) is 0 Å². The Morgan fingerprint density at radius 1 is 1.36 bits per heavy atom. The third kappa shape index (κ3) is 3.09. The Balaban J connectivity index is 2.20. The van der Waals surface area contributed by atoms with E-state index in [4.69, 9.17) is 4.74 Å². The van der Waals surface area contributed by atoms with Gasteiger partial charge < -0.3 is 9.53 Å². The van der Waals surface area contributed by atoms with Gasteiger partial charge in [0.15, 0.2) is 0 Å². The van der Waals surface area contributed by atoms with Crippen LogP contribution in [0, 0.1) is 17.8 Å². The highest BCUT2D eigenvalue weighted by Gasteiger charge is 2.32. The molecule has 2 nitrogen and oxygen atoms in total. The Labute approximate surface area is 87.0 Å². The van der Waals surface area contributed by atoms with E-state index in [1.165, 1.54) is 32.0 Å². The van der Waals surface area contributed by atoms with Crippen molar-refractivity contribution in [2.75, 3.05) is 13.7 Å². The van der Waals surface area contributed by atoms with Gasteiger partial charge in [-0.1, -0.05) is 13.3 Å². The Bertz CT molecular complexity index is 168. The van der Waals surface area contributed by atoms with E-state index in [0.717, 1.165) is 13.0 Å². The Kier molecular flexibility index (Phi) is 5.16. The van der Waals surface area contributed by atoms with Crippen molar-refractivity contribution in [2.45, 2.75) is 39.0 Å². The maximum Gasteiger partial charge on any atom is 0.123 e. The first-order valence-corrected chi connectivity index (χ1v) is 5.73. The van der Waals surface area contributed by atoms with Gasteiger partial charge in [0.1, 0.15) is 6.29 Å². The van der Waals surface area contributed by atoms with Crippen LogP contribution in [0.4, 0.5) is 0 Å². The topological polar surface area (TPSA) is 26.3 Å². The molecule has 1 aliphatic rings. The zero-order chi connectivity index (χ0) is 10.4. The minimum atomic E-state index is 0.331. The first kappa shape index (κ1) is 11.7. The largest absolute Gasteiger partial charge is 0.385 e. The summed E-state index contributed by atoms with van der Waals surface area (Å²) < 4.78 is 5.01. The second-order valence-corrected chi connectivity index (χ2v) is 4.52. The molecule has 0 N–H and O–H groups in total. The van der Waals surface area contributed by atoms with Gasteiger partial charge in [0.05, 0.1) is 0 Å². The third-order valence-electron chi connectivity index (χ3n) is 3.52. The first-order chi connectivity index (χ1) is 6.79. The SMILES string of the molecule is COCCCC[C@H]1CCC(C)C1C=O. The fraction of sp³-hybridized carbons (Fsp3) is 0.917. The van der Waals surface area contributed by atoms with Crippen molar-refractivity contribution >= 4 is 6.29 Å². The van der Waals surface area contributed by atoms with Crippen LogP contribution >= 0.6 is 0 Å². The van der Waals surface area contributed by atoms with Crippen molar-refractivity contribution in [3.05, 3.63) is 0 Å². The van der Waals surface area contributed by atoms with Crippen molar-refractivity contribution in [1.82, 2.24) is 0 Å². The molecule has 1 rings (SSSR count). The van der Waals surface area contributed by atoms with Crippen LogP contribution in [0.2, 0.25) is 0 Å². The monoisotopic (exact) mass is 198 g/mol. The highest BCUT2D eigenvalue weighted by Crippen LogP contribution is 2.38. The maximum absolute atomic E-state index is 10.9. The van der Waals surface area contributed by atoms with Crippen LogP contribution in [0.3, 0.4) is 0 Å². The molecule has 3 atom stereocenters. The predicted molar refractivity (Wildman–Crippen MR) is 57.2 cm³/mol. The summed E-state index contributed by atoms with van der Waals surface area (Å²) in [5, 5.41) is 0. The van der Waals surface area contributed by atoms with Crippen molar-refractivity contribution in [2.24, 2.45) is 17.8 Å². The normalized spacial score (nSPS) is 32.0. The number of hydrogen-bond acceptors (Lipinski definition) is 2. The number of carbonyl (C=O) groups is 1. The zero-order valence-electron chi connectivity index (χ0n) is 9.37. The number of methoxy groups -OCH3 is 1. The fourth-order valence-corrected chi connectivity index (χ4v) is 2.56. The smallest absolute Gasteiger partial charge is 0.123 e. The molecule has 1 fully saturated rings. The molecule has 2 heteroatoms. The average Bonchev–Trinajstić information content (AvgIpc) is 2.54. The highest BCUT2D eigenvalue weighted by molar-refractivity contribution is 5.55. The molecule has 0 heterocycles. The van der Waals surface area contributed by atoms with Gasteiger partial charge in [0.25, 0.3) is 0 Å². The van der Waals surface area contributed by atoms with Crippen molar-refractivity contribution in [1.29, 1.82) is 0 Å². The van der Waals surface area contributed by atoms with Crippen molar-refractivity contribution in [3.8, 4) is 0 Å². The number of rotatable bonds is 6. The first-order valence-electron chi connectivity index (χ1n) is 5.73. The van der Waals surface area contributed by atoms with Crippen LogP contribution in [0.15, 0.2) is 0 Å². The Morgan fingerprint density at radius 3 is 2.79 bits per heavy atom. The van der Waals surface area contributed by atoms with Crippen LogP contribution in [-0.4, -0.2) is 20.0 Å². The molecule has 0 bridgehead atoms. The lowest BCUT2D eigenvalue weighted by atomic mass is 9.88. The number of ether oxygens (including phenoxy) is 1. The van der Waals surface area contributed by atoms with Gasteiger partial charge in [-0.15, -0.1) is 0 Å². The molecule has 1 saturated carbocycles. The standard InChI is InChI=1S/C12H22O2/c1-10-6-7-11(12(10)9-13)5-3-4-8-14-2/h9-12H,3-8H2,1-2H3/t10?,11-,12?/m0/s1. The summed E-state index contributed by atoms with van der Waals surface area (Å²) >= 11 is 0. The van der Waals surface area contributed by atoms with Crippen LogP contribution in [0.1, 0.15) is 39.0 Å². The molecule has 0 spiro atoms. The lowest BCUT2D eigenvalue weighted by molar-refractivity contribution is -0.113. The van der Waals surface area contributed by atoms with Gasteiger partial charge in [0, 0.05) is 19.6 Å². The molecule has 0 saturated heterocycles. The number of aldehydes is 1. The second kappa shape index (κ2) is 6.18. The van der Waals surface area contributed by atoms with E-state index < -0.39 is 0 Å². The summed E-state index contributed by atoms with van der Waals surface area (Å²) in [4.78, 5) is 10.9. The summed E-state index contributed by atoms with van der Waals surface area (Å²) in [7, 11) is 1.74. The molecule has 2 unspecified atom stereocenters. The number of hydrogen-bond donors (Lipinski definition) is 0. The van der Waals surface area contributed by atoms with E-state index >= 15 is 0 Å². The van der Waals surface area contributed by atoms with Gasteiger partial charge in [-0.3, -0.25) is 0 Å². The quantitative estimate of drug-likeness (QED) is 0.484. The van der Waals surface area contributed by atoms with Gasteiger partial charge in [0.2, 0.25) is 0 Å². The van der Waals surface area contributed by atoms with E-state index in [1.807, 2.05) is 0 Å². The van der Waals surface area contributed by atoms with Gasteiger partial charge in [-0.25, -0.2) is 0 Å². The lowest BCUT2D eigenvalue weighted by Gasteiger charge is -2.16. The second-order valence-electron chi connectivity index (χ2n) is 4.52. The number of unbranched alkanes of at least 4 members (excludes halogenated alkanes) is 1. The third-order valence-corrected chi connectivity index (χ3v) is 3.52. The molecule has 0 radical (unpaired) electrons. The minimum absolute atomic E-state index is 0.331. The Morgan fingerprint density at radius 2 is 2.14 bits per heavy atom. The van der Waals surface area contributed by atoms with Crippen LogP contribution in [-0.2, 0) is 9.53 Å². The summed E-state index contributed by atoms with van der Waals surface area (Å²) in [6.07, 6.45) is 7.20. The molecule has 0 aromatic carbocycles. The zero-order valence-corrected chi connectivity index (χ0v) is 9.37. The fourth-order valence-electron chi connectivity index (χ4n) is 2.56. The van der Waals surface area contributed by atoms with E-state index in [-0.39, 0.29) is 0 Å². The van der Waals surface area contributed by atoms with Crippen molar-refractivity contribution in [3.63, 3.8) is 0 Å². The van der Waals surface area contributed by atoms with Gasteiger partial charge in [-0.2, -0.15) is 0 Å². The average molecular weight is 198 g/mol. The molecule has 0 aromatic heterocycles. The van der Waals surface area contributed by atoms with Crippen molar-refractivity contribution < 1.29 is 9.53 Å². The molecule has 0 amide bonds. The highest BCUT2D eigenvalue weighted by atomic mass is 16.5. The van der Waals surface area contributed by atoms with Crippen LogP contribution < -0.4 is 0 Å².